The molecule has 1 aromatic heterocycles. The van der Waals surface area contributed by atoms with Crippen molar-refractivity contribution in [2.75, 3.05) is 33.5 Å². The molecule has 3 rings (SSSR count). The van der Waals surface area contributed by atoms with Gasteiger partial charge >= 0.3 is 0 Å². The van der Waals surface area contributed by atoms with Crippen LogP contribution in [0.2, 0.25) is 0 Å². The van der Waals surface area contributed by atoms with Crippen molar-refractivity contribution in [3.63, 3.8) is 0 Å². The third kappa shape index (κ3) is 4.65. The third-order valence-electron chi connectivity index (χ3n) is 5.09. The number of benzene rings is 1. The van der Waals surface area contributed by atoms with E-state index in [2.05, 4.69) is 0 Å². The van der Waals surface area contributed by atoms with Crippen molar-refractivity contribution >= 4 is 11.7 Å². The second-order valence-electron chi connectivity index (χ2n) is 7.38. The lowest BCUT2D eigenvalue weighted by molar-refractivity contribution is -0.130. The average molecular weight is 443 g/mol. The van der Waals surface area contributed by atoms with Gasteiger partial charge in [0.1, 0.15) is 5.76 Å². The van der Waals surface area contributed by atoms with Crippen molar-refractivity contribution in [3.8, 4) is 11.5 Å². The predicted molar refractivity (Wildman–Crippen MR) is 117 cm³/mol. The number of hydrogen-bond donors (Lipinski definition) is 1. The molecule has 172 valence electrons. The molecule has 0 aliphatic carbocycles. The van der Waals surface area contributed by atoms with Crippen LogP contribution in [0.5, 0.6) is 11.5 Å². The zero-order valence-corrected chi connectivity index (χ0v) is 18.8. The molecule has 8 heteroatoms. The normalized spacial score (nSPS) is 16.1. The molecule has 1 N–H and O–H groups in total. The van der Waals surface area contributed by atoms with Crippen molar-refractivity contribution < 1.29 is 33.3 Å². The first kappa shape index (κ1) is 23.4. The molecule has 0 saturated carbocycles. The Kier molecular flexibility index (Phi) is 7.58. The smallest absolute Gasteiger partial charge is 0.290 e. The van der Waals surface area contributed by atoms with Crippen LogP contribution in [0.3, 0.4) is 0 Å². The molecule has 0 saturated heterocycles. The topological polar surface area (TPSA) is 98.4 Å². The van der Waals surface area contributed by atoms with Crippen molar-refractivity contribution in [1.82, 2.24) is 4.90 Å². The average Bonchev–Trinajstić information content (AvgIpc) is 3.32. The highest BCUT2D eigenvalue weighted by Gasteiger charge is 2.44. The molecule has 2 heterocycles. The summed E-state index contributed by atoms with van der Waals surface area (Å²) in [5.74, 6) is -0.0712. The Bertz CT molecular complexity index is 1010. The SMILES string of the molecule is CCCOc1ccc(C2C(C(=O)c3ccc(C)o3)=C(O)C(=O)N2CCOC)cc1OCC. The lowest BCUT2D eigenvalue weighted by atomic mass is 9.94. The third-order valence-corrected chi connectivity index (χ3v) is 5.09. The fourth-order valence-corrected chi connectivity index (χ4v) is 3.64. The molecule has 2 aromatic rings. The quantitative estimate of drug-likeness (QED) is 0.524. The number of rotatable bonds is 11. The summed E-state index contributed by atoms with van der Waals surface area (Å²) in [4.78, 5) is 27.6. The Morgan fingerprint density at radius 1 is 1.12 bits per heavy atom. The fourth-order valence-electron chi connectivity index (χ4n) is 3.64. The fraction of sp³-hybridized carbons (Fsp3) is 0.417. The minimum Gasteiger partial charge on any atom is -0.503 e. The summed E-state index contributed by atoms with van der Waals surface area (Å²) in [5.41, 5.74) is 0.572. The van der Waals surface area contributed by atoms with Gasteiger partial charge in [-0.15, -0.1) is 0 Å². The lowest BCUT2D eigenvalue weighted by Crippen LogP contribution is -2.34. The molecule has 1 aromatic carbocycles. The van der Waals surface area contributed by atoms with E-state index in [1.165, 1.54) is 18.1 Å². The highest BCUT2D eigenvalue weighted by molar-refractivity contribution is 6.15. The van der Waals surface area contributed by atoms with Gasteiger partial charge in [-0.25, -0.2) is 0 Å². The number of nitrogens with zero attached hydrogens (tertiary/aromatic N) is 1. The number of Topliss-reactive ketones (excluding diaryl/α,β-unsaturated/α-hetero) is 1. The van der Waals surface area contributed by atoms with E-state index in [9.17, 15) is 14.7 Å². The molecule has 0 radical (unpaired) electrons. The number of aliphatic hydroxyl groups excluding tert-OH is 1. The van der Waals surface area contributed by atoms with Gasteiger partial charge in [-0.2, -0.15) is 0 Å². The van der Waals surface area contributed by atoms with Gasteiger partial charge < -0.3 is 28.6 Å². The summed E-state index contributed by atoms with van der Waals surface area (Å²) in [6.45, 7) is 6.97. The van der Waals surface area contributed by atoms with Crippen molar-refractivity contribution in [2.45, 2.75) is 33.2 Å². The number of aliphatic hydroxyl groups is 1. The predicted octanol–water partition coefficient (Wildman–Crippen LogP) is 4.00. The number of ether oxygens (including phenoxy) is 3. The van der Waals surface area contributed by atoms with E-state index in [-0.39, 0.29) is 24.5 Å². The number of furan rings is 1. The molecule has 1 aliphatic rings. The van der Waals surface area contributed by atoms with Crippen molar-refractivity contribution in [3.05, 3.63) is 58.7 Å². The second kappa shape index (κ2) is 10.4. The number of hydrogen-bond acceptors (Lipinski definition) is 7. The summed E-state index contributed by atoms with van der Waals surface area (Å²) < 4.78 is 22.1. The minimum absolute atomic E-state index is 0.0369. The Morgan fingerprint density at radius 2 is 1.91 bits per heavy atom. The molecule has 0 fully saturated rings. The van der Waals surface area contributed by atoms with Gasteiger partial charge in [-0.05, 0) is 50.1 Å². The first-order valence-corrected chi connectivity index (χ1v) is 10.7. The second-order valence-corrected chi connectivity index (χ2v) is 7.38. The number of amides is 1. The van der Waals surface area contributed by atoms with Gasteiger partial charge in [0.2, 0.25) is 5.78 Å². The van der Waals surface area contributed by atoms with Crippen LogP contribution in [0, 0.1) is 6.92 Å². The van der Waals surface area contributed by atoms with E-state index in [0.717, 1.165) is 6.42 Å². The van der Waals surface area contributed by atoms with Crippen LogP contribution in [0.4, 0.5) is 0 Å². The van der Waals surface area contributed by atoms with Gasteiger partial charge in [-0.3, -0.25) is 9.59 Å². The van der Waals surface area contributed by atoms with Gasteiger partial charge in [0.15, 0.2) is 23.0 Å². The molecular weight excluding hydrogens is 414 g/mol. The number of methoxy groups -OCH3 is 1. The molecule has 0 bridgehead atoms. The first-order chi connectivity index (χ1) is 15.4. The Hall–Kier alpha value is -3.26. The molecule has 32 heavy (non-hydrogen) atoms. The molecule has 0 spiro atoms. The number of carbonyl (C=O) groups is 2. The molecule has 8 nitrogen and oxygen atoms in total. The largest absolute Gasteiger partial charge is 0.503 e. The standard InChI is InChI=1S/C24H29NO7/c1-5-12-31-17-10-8-16(14-19(17)30-6-2)21-20(22(26)18-9-7-15(3)32-18)23(27)24(28)25(21)11-13-29-4/h7-10,14,21,27H,5-6,11-13H2,1-4H3. The van der Waals surface area contributed by atoms with Crippen LogP contribution >= 0.6 is 0 Å². The zero-order valence-electron chi connectivity index (χ0n) is 18.8. The van der Waals surface area contributed by atoms with Crippen molar-refractivity contribution in [1.29, 1.82) is 0 Å². The maximum atomic E-state index is 13.3. The molecular formula is C24H29NO7. The van der Waals surface area contributed by atoms with E-state index in [1.54, 1.807) is 31.2 Å². The number of carbonyl (C=O) groups excluding carboxylic acids is 2. The molecule has 1 atom stereocenters. The van der Waals surface area contributed by atoms with Crippen LogP contribution in [0.25, 0.3) is 0 Å². The Balaban J connectivity index is 2.08. The van der Waals surface area contributed by atoms with E-state index in [0.29, 0.717) is 36.0 Å². The highest BCUT2D eigenvalue weighted by Crippen LogP contribution is 2.41. The van der Waals surface area contributed by atoms with E-state index < -0.39 is 23.5 Å². The van der Waals surface area contributed by atoms with Crippen molar-refractivity contribution in [2.24, 2.45) is 0 Å². The monoisotopic (exact) mass is 443 g/mol. The van der Waals surface area contributed by atoms with Gasteiger partial charge in [0.05, 0.1) is 31.4 Å². The Morgan fingerprint density at radius 3 is 2.53 bits per heavy atom. The van der Waals surface area contributed by atoms with Gasteiger partial charge in [0.25, 0.3) is 5.91 Å². The summed E-state index contributed by atoms with van der Waals surface area (Å²) in [6, 6.07) is 7.63. The highest BCUT2D eigenvalue weighted by atomic mass is 16.5. The summed E-state index contributed by atoms with van der Waals surface area (Å²) in [7, 11) is 1.52. The van der Waals surface area contributed by atoms with Crippen LogP contribution < -0.4 is 9.47 Å². The van der Waals surface area contributed by atoms with E-state index in [1.807, 2.05) is 13.8 Å². The molecule has 1 aliphatic heterocycles. The lowest BCUT2D eigenvalue weighted by Gasteiger charge is -2.27. The van der Waals surface area contributed by atoms with Crippen LogP contribution in [-0.2, 0) is 9.53 Å². The zero-order chi connectivity index (χ0) is 23.3. The first-order valence-electron chi connectivity index (χ1n) is 10.7. The maximum Gasteiger partial charge on any atom is 0.290 e. The van der Waals surface area contributed by atoms with E-state index in [4.69, 9.17) is 18.6 Å². The summed E-state index contributed by atoms with van der Waals surface area (Å²) in [6.07, 6.45) is 0.840. The van der Waals surface area contributed by atoms with Crippen LogP contribution in [-0.4, -0.2) is 55.2 Å². The molecule has 1 amide bonds. The number of aryl methyl sites for hydroxylation is 1. The van der Waals surface area contributed by atoms with Gasteiger partial charge in [-0.1, -0.05) is 13.0 Å². The maximum absolute atomic E-state index is 13.3. The van der Waals surface area contributed by atoms with E-state index >= 15 is 0 Å². The number of ketones is 1. The van der Waals surface area contributed by atoms with Crippen LogP contribution in [0.1, 0.15) is 48.2 Å². The molecule has 1 unspecified atom stereocenters. The Labute approximate surface area is 187 Å². The van der Waals surface area contributed by atoms with Gasteiger partial charge in [0, 0.05) is 13.7 Å². The minimum atomic E-state index is -0.824. The van der Waals surface area contributed by atoms with Crippen LogP contribution in [0.15, 0.2) is 46.1 Å². The summed E-state index contributed by atoms with van der Waals surface area (Å²) >= 11 is 0. The summed E-state index contributed by atoms with van der Waals surface area (Å²) in [5, 5.41) is 10.7.